The van der Waals surface area contributed by atoms with E-state index in [1.54, 1.807) is 12.3 Å². The van der Waals surface area contributed by atoms with Crippen molar-refractivity contribution < 1.29 is 9.32 Å². The number of rotatable bonds is 4. The first-order valence-electron chi connectivity index (χ1n) is 5.47. The third-order valence-corrected chi connectivity index (χ3v) is 2.53. The summed E-state index contributed by atoms with van der Waals surface area (Å²) in [4.78, 5) is 19.7. The summed E-state index contributed by atoms with van der Waals surface area (Å²) in [6.45, 7) is 3.44. The minimum absolute atomic E-state index is 0.0312. The fraction of sp³-hybridized carbons (Fsp3) is 0.333. The lowest BCUT2D eigenvalue weighted by atomic mass is 10.0. The van der Waals surface area contributed by atoms with Crippen molar-refractivity contribution in [3.05, 3.63) is 30.3 Å². The minimum atomic E-state index is -0.319. The van der Waals surface area contributed by atoms with Crippen molar-refractivity contribution in [2.75, 3.05) is 0 Å². The van der Waals surface area contributed by atoms with Crippen LogP contribution in [-0.2, 0) is 4.79 Å². The van der Waals surface area contributed by atoms with Crippen LogP contribution in [0.1, 0.15) is 32.1 Å². The maximum atomic E-state index is 11.4. The standard InChI is InChI=1S/C12H13N3O2/c1-3-9(8(2)16)12-14-11(15-17-12)10-6-4-5-7-13-10/h4-7,9H,3H2,1-2H3. The number of hydrogen-bond donors (Lipinski definition) is 0. The Labute approximate surface area is 98.9 Å². The highest BCUT2D eigenvalue weighted by atomic mass is 16.5. The van der Waals surface area contributed by atoms with Crippen molar-refractivity contribution in [3.8, 4) is 11.5 Å². The first-order chi connectivity index (χ1) is 8.22. The van der Waals surface area contributed by atoms with Crippen molar-refractivity contribution in [1.29, 1.82) is 0 Å². The molecule has 0 aromatic carbocycles. The molecule has 0 bridgehead atoms. The molecule has 0 spiro atoms. The van der Waals surface area contributed by atoms with Crippen LogP contribution in [0.25, 0.3) is 11.5 Å². The van der Waals surface area contributed by atoms with Crippen LogP contribution in [0.5, 0.6) is 0 Å². The maximum Gasteiger partial charge on any atom is 0.237 e. The number of nitrogens with zero attached hydrogens (tertiary/aromatic N) is 3. The summed E-state index contributed by atoms with van der Waals surface area (Å²) in [5.74, 6) is 0.490. The van der Waals surface area contributed by atoms with Gasteiger partial charge in [0.2, 0.25) is 11.7 Å². The van der Waals surface area contributed by atoms with E-state index in [0.717, 1.165) is 0 Å². The average molecular weight is 231 g/mol. The number of pyridine rings is 1. The van der Waals surface area contributed by atoms with Crippen LogP contribution in [-0.4, -0.2) is 20.9 Å². The topological polar surface area (TPSA) is 68.9 Å². The first-order valence-corrected chi connectivity index (χ1v) is 5.47. The molecule has 0 fully saturated rings. The number of ketones is 1. The highest BCUT2D eigenvalue weighted by molar-refractivity contribution is 5.82. The summed E-state index contributed by atoms with van der Waals surface area (Å²) in [5, 5.41) is 3.84. The third-order valence-electron chi connectivity index (χ3n) is 2.53. The van der Waals surface area contributed by atoms with E-state index in [1.165, 1.54) is 6.92 Å². The normalized spacial score (nSPS) is 12.4. The molecule has 5 heteroatoms. The zero-order valence-electron chi connectivity index (χ0n) is 9.75. The SMILES string of the molecule is CCC(C(C)=O)c1nc(-c2ccccn2)no1. The van der Waals surface area contributed by atoms with E-state index < -0.39 is 0 Å². The minimum Gasteiger partial charge on any atom is -0.338 e. The summed E-state index contributed by atoms with van der Waals surface area (Å²) < 4.78 is 5.11. The van der Waals surface area contributed by atoms with Crippen LogP contribution in [0, 0.1) is 0 Å². The van der Waals surface area contributed by atoms with Gasteiger partial charge in [-0.05, 0) is 25.5 Å². The molecule has 0 saturated carbocycles. The molecule has 88 valence electrons. The molecule has 2 heterocycles. The Morgan fingerprint density at radius 1 is 1.47 bits per heavy atom. The molecule has 0 aliphatic heterocycles. The molecule has 1 atom stereocenters. The van der Waals surface area contributed by atoms with Gasteiger partial charge in [0.05, 0.1) is 5.92 Å². The van der Waals surface area contributed by atoms with Crippen LogP contribution >= 0.6 is 0 Å². The monoisotopic (exact) mass is 231 g/mol. The summed E-state index contributed by atoms with van der Waals surface area (Å²) in [7, 11) is 0. The van der Waals surface area contributed by atoms with Crippen molar-refractivity contribution in [2.24, 2.45) is 0 Å². The van der Waals surface area contributed by atoms with E-state index in [4.69, 9.17) is 4.52 Å². The summed E-state index contributed by atoms with van der Waals surface area (Å²) in [6.07, 6.45) is 2.31. The number of hydrogen-bond acceptors (Lipinski definition) is 5. The molecular weight excluding hydrogens is 218 g/mol. The molecule has 5 nitrogen and oxygen atoms in total. The lowest BCUT2D eigenvalue weighted by molar-refractivity contribution is -0.119. The Morgan fingerprint density at radius 2 is 2.29 bits per heavy atom. The Morgan fingerprint density at radius 3 is 2.88 bits per heavy atom. The summed E-state index contributed by atoms with van der Waals surface area (Å²) in [5.41, 5.74) is 0.640. The van der Waals surface area contributed by atoms with E-state index in [2.05, 4.69) is 15.1 Å². The van der Waals surface area contributed by atoms with Crippen molar-refractivity contribution in [2.45, 2.75) is 26.2 Å². The predicted octanol–water partition coefficient (Wildman–Crippen LogP) is 2.21. The Bertz CT molecular complexity index is 507. The molecule has 0 radical (unpaired) electrons. The van der Waals surface area contributed by atoms with Gasteiger partial charge in [0.15, 0.2) is 0 Å². The number of carbonyl (C=O) groups excluding carboxylic acids is 1. The highest BCUT2D eigenvalue weighted by Crippen LogP contribution is 2.21. The van der Waals surface area contributed by atoms with Crippen LogP contribution in [0.4, 0.5) is 0 Å². The van der Waals surface area contributed by atoms with Gasteiger partial charge in [-0.2, -0.15) is 4.98 Å². The summed E-state index contributed by atoms with van der Waals surface area (Å²) in [6, 6.07) is 5.46. The van der Waals surface area contributed by atoms with Gasteiger partial charge in [-0.3, -0.25) is 9.78 Å². The molecule has 0 N–H and O–H groups in total. The Hall–Kier alpha value is -2.04. The van der Waals surface area contributed by atoms with Crippen LogP contribution in [0.2, 0.25) is 0 Å². The molecular formula is C12H13N3O2. The smallest absolute Gasteiger partial charge is 0.237 e. The van der Waals surface area contributed by atoms with Crippen molar-refractivity contribution in [1.82, 2.24) is 15.1 Å². The van der Waals surface area contributed by atoms with E-state index in [9.17, 15) is 4.79 Å². The molecule has 17 heavy (non-hydrogen) atoms. The van der Waals surface area contributed by atoms with Gasteiger partial charge in [-0.15, -0.1) is 0 Å². The third kappa shape index (κ3) is 2.38. The van der Waals surface area contributed by atoms with Gasteiger partial charge in [0.1, 0.15) is 11.5 Å². The molecule has 2 rings (SSSR count). The van der Waals surface area contributed by atoms with Crippen LogP contribution in [0.15, 0.2) is 28.9 Å². The second kappa shape index (κ2) is 4.86. The van der Waals surface area contributed by atoms with E-state index >= 15 is 0 Å². The Kier molecular flexibility index (Phi) is 3.27. The predicted molar refractivity (Wildman–Crippen MR) is 61.2 cm³/mol. The highest BCUT2D eigenvalue weighted by Gasteiger charge is 2.22. The second-order valence-electron chi connectivity index (χ2n) is 3.74. The fourth-order valence-electron chi connectivity index (χ4n) is 1.61. The quantitative estimate of drug-likeness (QED) is 0.806. The lowest BCUT2D eigenvalue weighted by Crippen LogP contribution is -2.07. The second-order valence-corrected chi connectivity index (χ2v) is 3.74. The number of Topliss-reactive ketones (excluding diaryl/α,β-unsaturated/α-hetero) is 1. The fourth-order valence-corrected chi connectivity index (χ4v) is 1.61. The van der Waals surface area contributed by atoms with E-state index in [-0.39, 0.29) is 11.7 Å². The molecule has 0 amide bonds. The average Bonchev–Trinajstić information content (AvgIpc) is 2.80. The van der Waals surface area contributed by atoms with Crippen LogP contribution in [0.3, 0.4) is 0 Å². The molecule has 0 aliphatic carbocycles. The molecule has 1 unspecified atom stereocenters. The number of carbonyl (C=O) groups is 1. The summed E-state index contributed by atoms with van der Waals surface area (Å²) >= 11 is 0. The van der Waals surface area contributed by atoms with E-state index in [0.29, 0.717) is 23.8 Å². The van der Waals surface area contributed by atoms with Crippen LogP contribution < -0.4 is 0 Å². The van der Waals surface area contributed by atoms with Gasteiger partial charge in [-0.1, -0.05) is 18.1 Å². The maximum absolute atomic E-state index is 11.4. The van der Waals surface area contributed by atoms with Crippen molar-refractivity contribution >= 4 is 5.78 Å². The van der Waals surface area contributed by atoms with Gasteiger partial charge >= 0.3 is 0 Å². The molecule has 2 aromatic rings. The van der Waals surface area contributed by atoms with Crippen molar-refractivity contribution in [3.63, 3.8) is 0 Å². The molecule has 0 aliphatic rings. The lowest BCUT2D eigenvalue weighted by Gasteiger charge is -2.03. The largest absolute Gasteiger partial charge is 0.338 e. The number of aromatic nitrogens is 3. The van der Waals surface area contributed by atoms with E-state index in [1.807, 2.05) is 19.1 Å². The molecule has 0 saturated heterocycles. The van der Waals surface area contributed by atoms with Gasteiger partial charge in [0, 0.05) is 6.20 Å². The zero-order valence-corrected chi connectivity index (χ0v) is 9.75. The Balaban J connectivity index is 2.30. The van der Waals surface area contributed by atoms with Gasteiger partial charge < -0.3 is 4.52 Å². The zero-order chi connectivity index (χ0) is 12.3. The van der Waals surface area contributed by atoms with Gasteiger partial charge in [-0.25, -0.2) is 0 Å². The van der Waals surface area contributed by atoms with Gasteiger partial charge in [0.25, 0.3) is 0 Å². The molecule has 2 aromatic heterocycles. The first kappa shape index (κ1) is 11.4.